The number of nitrogens with zero attached hydrogens (tertiary/aromatic N) is 1. The third kappa shape index (κ3) is 2.74. The van der Waals surface area contributed by atoms with Crippen LogP contribution in [-0.2, 0) is 29.5 Å². The van der Waals surface area contributed by atoms with Gasteiger partial charge < -0.3 is 25.3 Å². The lowest BCUT2D eigenvalue weighted by Gasteiger charge is -2.26. The van der Waals surface area contributed by atoms with E-state index >= 15 is 0 Å². The average Bonchev–Trinajstić information content (AvgIpc) is 3.24. The number of methoxy groups -OCH3 is 1. The predicted octanol–water partition coefficient (Wildman–Crippen LogP) is -2.30. The molecule has 0 saturated carbocycles. The summed E-state index contributed by atoms with van der Waals surface area (Å²) in [4.78, 5) is 51.4. The van der Waals surface area contributed by atoms with Gasteiger partial charge in [-0.05, 0) is 24.6 Å². The number of carboxylic acid groups (broad SMARTS) is 1. The van der Waals surface area contributed by atoms with E-state index in [2.05, 4.69) is 5.32 Å². The van der Waals surface area contributed by atoms with E-state index in [-0.39, 0.29) is 26.0 Å². The van der Waals surface area contributed by atoms with Crippen LogP contribution in [0.25, 0.3) is 0 Å². The van der Waals surface area contributed by atoms with Gasteiger partial charge in [-0.2, -0.15) is 0 Å². The maximum atomic E-state index is 14.0. The molecule has 9 nitrogen and oxygen atoms in total. The summed E-state index contributed by atoms with van der Waals surface area (Å²) in [6, 6.07) is 3.17. The van der Waals surface area contributed by atoms with Crippen molar-refractivity contribution in [3.05, 3.63) is 29.6 Å². The van der Waals surface area contributed by atoms with E-state index in [1.54, 1.807) is 5.32 Å². The second-order valence-electron chi connectivity index (χ2n) is 7.58. The summed E-state index contributed by atoms with van der Waals surface area (Å²) in [6.07, 6.45) is -0.280. The molecule has 10 heteroatoms. The van der Waals surface area contributed by atoms with Gasteiger partial charge in [0.2, 0.25) is 17.4 Å². The Hall–Kier alpha value is -2.85. The molecule has 29 heavy (non-hydrogen) atoms. The zero-order valence-corrected chi connectivity index (χ0v) is 15.6. The van der Waals surface area contributed by atoms with Crippen LogP contribution >= 0.6 is 0 Å². The fourth-order valence-corrected chi connectivity index (χ4v) is 4.95. The maximum absolute atomic E-state index is 14.0. The van der Waals surface area contributed by atoms with Crippen LogP contribution in [0, 0.1) is 17.7 Å². The number of carbonyl (C=O) groups excluding carboxylic acids is 4. The van der Waals surface area contributed by atoms with Gasteiger partial charge in [0, 0.05) is 25.1 Å². The Kier molecular flexibility index (Phi) is 4.62. The number of aliphatic carboxylic acids is 1. The molecule has 3 aliphatic heterocycles. The molecule has 3 amide bonds. The van der Waals surface area contributed by atoms with Gasteiger partial charge in [-0.25, -0.2) is 4.39 Å². The molecule has 0 bridgehead atoms. The van der Waals surface area contributed by atoms with E-state index < -0.39 is 52.9 Å². The zero-order valence-electron chi connectivity index (χ0n) is 15.6. The van der Waals surface area contributed by atoms with Crippen LogP contribution in [-0.4, -0.2) is 54.9 Å². The highest BCUT2D eigenvalue weighted by molar-refractivity contribution is 6.13. The summed E-state index contributed by atoms with van der Waals surface area (Å²) in [6.45, 7) is 0.164. The predicted molar refractivity (Wildman–Crippen MR) is 92.2 cm³/mol. The third-order valence-corrected chi connectivity index (χ3v) is 6.12. The van der Waals surface area contributed by atoms with Crippen molar-refractivity contribution < 1.29 is 38.7 Å². The molecular weight excluding hydrogens is 385 g/mol. The van der Waals surface area contributed by atoms with Crippen LogP contribution in [0.15, 0.2) is 18.2 Å². The molecule has 4 atom stereocenters. The molecule has 3 aliphatic rings. The second-order valence-corrected chi connectivity index (χ2v) is 7.58. The van der Waals surface area contributed by atoms with E-state index in [4.69, 9.17) is 4.74 Å². The first-order valence-corrected chi connectivity index (χ1v) is 9.32. The van der Waals surface area contributed by atoms with E-state index in [9.17, 15) is 28.7 Å². The van der Waals surface area contributed by atoms with Crippen molar-refractivity contribution in [3.8, 4) is 0 Å². The Morgan fingerprint density at radius 3 is 2.79 bits per heavy atom. The van der Waals surface area contributed by atoms with Crippen LogP contribution < -0.4 is 15.7 Å². The number of amides is 3. The SMILES string of the molecule is COCCN1C(=O)[C@H]2[C@@H](C1=O)[C@@]1([NH2+][C@@H]2CCC(=O)[O-])C(=O)Nc2ccc(F)cc21. The molecule has 0 aliphatic carbocycles. The lowest BCUT2D eigenvalue weighted by molar-refractivity contribution is -0.734. The standard InChI is InChI=1S/C19H20FN3O6/c1-29-7-6-23-16(26)14-12(4-5-13(24)25)22-19(15(14)17(23)27)10-8-9(20)2-3-11(10)21-18(19)28/h2-3,8,12,14-15,22H,4-7H2,1H3,(H,21,28)(H,24,25)/t12-,14-,15+,19-/m1/s1. The van der Waals surface area contributed by atoms with Crippen molar-refractivity contribution in [1.82, 2.24) is 4.90 Å². The summed E-state index contributed by atoms with van der Waals surface area (Å²) in [5.74, 6) is -5.32. The molecule has 2 fully saturated rings. The molecule has 1 spiro atoms. The highest BCUT2D eigenvalue weighted by Gasteiger charge is 2.74. The number of hydrogen-bond acceptors (Lipinski definition) is 6. The van der Waals surface area contributed by atoms with Crippen LogP contribution in [0.1, 0.15) is 18.4 Å². The maximum Gasteiger partial charge on any atom is 0.291 e. The molecule has 0 unspecified atom stereocenters. The first-order valence-electron chi connectivity index (χ1n) is 9.32. The molecule has 3 heterocycles. The first kappa shape index (κ1) is 19.5. The molecular formula is C19H20FN3O6. The van der Waals surface area contributed by atoms with E-state index in [1.807, 2.05) is 0 Å². The van der Waals surface area contributed by atoms with Gasteiger partial charge in [0.1, 0.15) is 23.7 Å². The molecule has 0 aromatic heterocycles. The number of likely N-dealkylation sites (tertiary alicyclic amines) is 1. The minimum atomic E-state index is -1.52. The lowest BCUT2D eigenvalue weighted by atomic mass is 9.76. The molecule has 154 valence electrons. The van der Waals surface area contributed by atoms with Crippen LogP contribution in [0.5, 0.6) is 0 Å². The Morgan fingerprint density at radius 2 is 2.10 bits per heavy atom. The molecule has 3 N–H and O–H groups in total. The average molecular weight is 405 g/mol. The Labute approximate surface area is 165 Å². The summed E-state index contributed by atoms with van der Waals surface area (Å²) in [5.41, 5.74) is -0.849. The molecule has 2 saturated heterocycles. The van der Waals surface area contributed by atoms with Crippen LogP contribution in [0.3, 0.4) is 0 Å². The minimum absolute atomic E-state index is 0.0298. The highest BCUT2D eigenvalue weighted by Crippen LogP contribution is 2.49. The van der Waals surface area contributed by atoms with Gasteiger partial charge in [0.05, 0.1) is 18.8 Å². The number of anilines is 1. The van der Waals surface area contributed by atoms with Gasteiger partial charge in [-0.3, -0.25) is 19.3 Å². The van der Waals surface area contributed by atoms with Gasteiger partial charge >= 0.3 is 0 Å². The van der Waals surface area contributed by atoms with Crippen LogP contribution in [0.4, 0.5) is 10.1 Å². The number of imide groups is 1. The summed E-state index contributed by atoms with van der Waals surface area (Å²) >= 11 is 0. The fourth-order valence-electron chi connectivity index (χ4n) is 4.95. The quantitative estimate of drug-likeness (QED) is 0.512. The van der Waals surface area contributed by atoms with Crippen molar-refractivity contribution in [3.63, 3.8) is 0 Å². The number of carbonyl (C=O) groups is 4. The number of nitrogens with one attached hydrogen (secondary N) is 1. The fraction of sp³-hybridized carbons (Fsp3) is 0.474. The second kappa shape index (κ2) is 6.89. The van der Waals surface area contributed by atoms with Crippen molar-refractivity contribution in [2.45, 2.75) is 24.4 Å². The number of fused-ring (bicyclic) bond motifs is 4. The Morgan fingerprint density at radius 1 is 1.34 bits per heavy atom. The van der Waals surface area contributed by atoms with Crippen molar-refractivity contribution in [2.75, 3.05) is 25.6 Å². The summed E-state index contributed by atoms with van der Waals surface area (Å²) in [7, 11) is 1.44. The Bertz CT molecular complexity index is 921. The smallest absolute Gasteiger partial charge is 0.291 e. The van der Waals surface area contributed by atoms with Gasteiger partial charge in [0.25, 0.3) is 5.91 Å². The number of halogens is 1. The van der Waals surface area contributed by atoms with Crippen molar-refractivity contribution >= 4 is 29.4 Å². The number of rotatable bonds is 6. The monoisotopic (exact) mass is 405 g/mol. The van der Waals surface area contributed by atoms with E-state index in [0.29, 0.717) is 11.3 Å². The first-order chi connectivity index (χ1) is 13.8. The molecule has 4 rings (SSSR count). The molecule has 1 aromatic rings. The number of hydrogen-bond donors (Lipinski definition) is 2. The van der Waals surface area contributed by atoms with E-state index in [1.165, 1.54) is 25.3 Å². The number of benzene rings is 1. The zero-order chi connectivity index (χ0) is 20.9. The molecule has 1 aromatic carbocycles. The number of quaternary nitrogens is 1. The topological polar surface area (TPSA) is 132 Å². The van der Waals surface area contributed by atoms with Crippen molar-refractivity contribution in [1.29, 1.82) is 0 Å². The largest absolute Gasteiger partial charge is 0.550 e. The van der Waals surface area contributed by atoms with Crippen molar-refractivity contribution in [2.24, 2.45) is 11.8 Å². The van der Waals surface area contributed by atoms with Gasteiger partial charge in [0.15, 0.2) is 0 Å². The number of carboxylic acids is 1. The summed E-state index contributed by atoms with van der Waals surface area (Å²) in [5, 5.41) is 15.2. The van der Waals surface area contributed by atoms with Gasteiger partial charge in [-0.15, -0.1) is 0 Å². The van der Waals surface area contributed by atoms with Gasteiger partial charge in [-0.1, -0.05) is 0 Å². The molecule has 0 radical (unpaired) electrons. The Balaban J connectivity index is 1.81. The lowest BCUT2D eigenvalue weighted by Crippen LogP contribution is -2.99. The van der Waals surface area contributed by atoms with Crippen LogP contribution in [0.2, 0.25) is 0 Å². The van der Waals surface area contributed by atoms with E-state index in [0.717, 1.165) is 4.90 Å². The number of nitrogens with two attached hydrogens (primary N) is 1. The number of ether oxygens (including phenoxy) is 1. The summed E-state index contributed by atoms with van der Waals surface area (Å²) < 4.78 is 19.0. The highest BCUT2D eigenvalue weighted by atomic mass is 19.1. The minimum Gasteiger partial charge on any atom is -0.550 e. The normalized spacial score (nSPS) is 30.1. The third-order valence-electron chi connectivity index (χ3n) is 6.12.